The Kier molecular flexibility index (Phi) is 3.71. The molecule has 0 aromatic rings. The van der Waals surface area contributed by atoms with Crippen molar-refractivity contribution in [2.24, 2.45) is 21.2 Å². The van der Waals surface area contributed by atoms with E-state index in [9.17, 15) is 0 Å². The van der Waals surface area contributed by atoms with Gasteiger partial charge in [-0.05, 0) is 10.8 Å². The summed E-state index contributed by atoms with van der Waals surface area (Å²) in [5.74, 6) is 0. The molecule has 0 spiro atoms. The third-order valence-electron chi connectivity index (χ3n) is 3.14. The van der Waals surface area contributed by atoms with Crippen molar-refractivity contribution < 1.29 is 0 Å². The predicted molar refractivity (Wildman–Crippen MR) is 66.0 cm³/mol. The molecule has 14 heavy (non-hydrogen) atoms. The van der Waals surface area contributed by atoms with Gasteiger partial charge in [-0.3, -0.25) is 4.99 Å². The van der Waals surface area contributed by atoms with E-state index in [1.54, 1.807) is 0 Å². The predicted octanol–water partition coefficient (Wildman–Crippen LogP) is 3.95. The van der Waals surface area contributed by atoms with Crippen molar-refractivity contribution in [2.75, 3.05) is 7.05 Å². The van der Waals surface area contributed by atoms with Crippen LogP contribution in [0.4, 0.5) is 0 Å². The molecule has 0 radical (unpaired) electrons. The van der Waals surface area contributed by atoms with Crippen molar-refractivity contribution in [1.29, 1.82) is 0 Å². The first-order chi connectivity index (χ1) is 6.12. The fourth-order valence-electron chi connectivity index (χ4n) is 2.38. The number of hydrogen-bond acceptors (Lipinski definition) is 1. The lowest BCUT2D eigenvalue weighted by atomic mass is 9.55. The molecular weight excluding hydrogens is 170 g/mol. The van der Waals surface area contributed by atoms with E-state index in [0.29, 0.717) is 0 Å². The van der Waals surface area contributed by atoms with Crippen LogP contribution in [-0.4, -0.2) is 13.3 Å². The number of aliphatic imine (C=N–C) groups is 1. The van der Waals surface area contributed by atoms with Gasteiger partial charge < -0.3 is 0 Å². The van der Waals surface area contributed by atoms with Crippen molar-refractivity contribution in [2.45, 2.75) is 41.5 Å². The van der Waals surface area contributed by atoms with E-state index in [1.807, 2.05) is 19.3 Å². The molecule has 0 atom stereocenters. The molecule has 0 rings (SSSR count). The minimum absolute atomic E-state index is 0.0608. The SMILES string of the molecule is C=CC(C=NC)(C(C)(C)C)C(C)(C)C. The molecular formula is C13H25N. The van der Waals surface area contributed by atoms with Crippen LogP contribution in [0.15, 0.2) is 17.6 Å². The van der Waals surface area contributed by atoms with E-state index < -0.39 is 0 Å². The van der Waals surface area contributed by atoms with Crippen molar-refractivity contribution in [3.63, 3.8) is 0 Å². The van der Waals surface area contributed by atoms with Crippen LogP contribution in [0.1, 0.15) is 41.5 Å². The Morgan fingerprint density at radius 3 is 1.36 bits per heavy atom. The highest BCUT2D eigenvalue weighted by atomic mass is 14.7. The second-order valence-electron chi connectivity index (χ2n) is 5.96. The summed E-state index contributed by atoms with van der Waals surface area (Å²) in [6.07, 6.45) is 4.08. The van der Waals surface area contributed by atoms with Gasteiger partial charge in [0.25, 0.3) is 0 Å². The van der Waals surface area contributed by atoms with Gasteiger partial charge in [-0.25, -0.2) is 0 Å². The van der Waals surface area contributed by atoms with Crippen LogP contribution in [0, 0.1) is 16.2 Å². The Morgan fingerprint density at radius 2 is 1.29 bits per heavy atom. The molecule has 0 aliphatic carbocycles. The molecule has 1 heteroatoms. The van der Waals surface area contributed by atoms with Gasteiger partial charge >= 0.3 is 0 Å². The fourth-order valence-corrected chi connectivity index (χ4v) is 2.38. The highest BCUT2D eigenvalue weighted by Gasteiger charge is 2.46. The molecule has 0 aromatic carbocycles. The van der Waals surface area contributed by atoms with Crippen molar-refractivity contribution in [3.05, 3.63) is 12.7 Å². The standard InChI is InChI=1S/C13H25N/c1-9-13(10-14-8,11(2,3)4)12(5,6)7/h9-10H,1H2,2-8H3. The molecule has 0 unspecified atom stereocenters. The smallest absolute Gasteiger partial charge is 0.0325 e. The second-order valence-corrected chi connectivity index (χ2v) is 5.96. The van der Waals surface area contributed by atoms with Crippen LogP contribution in [0.2, 0.25) is 0 Å². The molecule has 0 saturated carbocycles. The lowest BCUT2D eigenvalue weighted by Gasteiger charge is -2.49. The summed E-state index contributed by atoms with van der Waals surface area (Å²) in [7, 11) is 1.83. The van der Waals surface area contributed by atoms with Crippen LogP contribution in [0.25, 0.3) is 0 Å². The van der Waals surface area contributed by atoms with Gasteiger partial charge in [-0.15, -0.1) is 6.58 Å². The van der Waals surface area contributed by atoms with Crippen molar-refractivity contribution in [1.82, 2.24) is 0 Å². The molecule has 0 aliphatic heterocycles. The average molecular weight is 195 g/mol. The van der Waals surface area contributed by atoms with E-state index in [1.165, 1.54) is 0 Å². The van der Waals surface area contributed by atoms with E-state index in [2.05, 4.69) is 53.1 Å². The van der Waals surface area contributed by atoms with Gasteiger partial charge in [-0.1, -0.05) is 47.6 Å². The highest BCUT2D eigenvalue weighted by molar-refractivity contribution is 5.71. The molecule has 0 bridgehead atoms. The van der Waals surface area contributed by atoms with E-state index in [4.69, 9.17) is 0 Å². The highest BCUT2D eigenvalue weighted by Crippen LogP contribution is 2.51. The Hall–Kier alpha value is -0.590. The van der Waals surface area contributed by atoms with E-state index in [-0.39, 0.29) is 16.2 Å². The quantitative estimate of drug-likeness (QED) is 0.467. The maximum atomic E-state index is 4.22. The summed E-state index contributed by atoms with van der Waals surface area (Å²) in [5.41, 5.74) is 0.202. The monoisotopic (exact) mass is 195 g/mol. The van der Waals surface area contributed by atoms with Crippen LogP contribution < -0.4 is 0 Å². The maximum absolute atomic E-state index is 4.22. The summed E-state index contributed by atoms with van der Waals surface area (Å²) in [4.78, 5) is 4.22. The lowest BCUT2D eigenvalue weighted by molar-refractivity contribution is 0.0930. The van der Waals surface area contributed by atoms with E-state index >= 15 is 0 Å². The summed E-state index contributed by atoms with van der Waals surface area (Å²) < 4.78 is 0. The van der Waals surface area contributed by atoms with Crippen LogP contribution >= 0.6 is 0 Å². The van der Waals surface area contributed by atoms with Crippen LogP contribution in [0.5, 0.6) is 0 Å². The molecule has 0 heterocycles. The summed E-state index contributed by atoms with van der Waals surface area (Å²) in [6, 6.07) is 0. The molecule has 0 aliphatic rings. The largest absolute Gasteiger partial charge is 0.300 e. The Bertz CT molecular complexity index is 209. The van der Waals surface area contributed by atoms with Gasteiger partial charge in [0.15, 0.2) is 0 Å². The minimum atomic E-state index is -0.0608. The van der Waals surface area contributed by atoms with Crippen molar-refractivity contribution in [3.8, 4) is 0 Å². The zero-order chi connectivity index (χ0) is 11.6. The van der Waals surface area contributed by atoms with Gasteiger partial charge in [0.2, 0.25) is 0 Å². The molecule has 1 nitrogen and oxygen atoms in total. The number of allylic oxidation sites excluding steroid dienone is 1. The zero-order valence-electron chi connectivity index (χ0n) is 10.8. The molecule has 0 saturated heterocycles. The summed E-state index contributed by atoms with van der Waals surface area (Å²) in [5, 5.41) is 0. The second kappa shape index (κ2) is 3.88. The zero-order valence-corrected chi connectivity index (χ0v) is 10.8. The Morgan fingerprint density at radius 1 is 0.929 bits per heavy atom. The summed E-state index contributed by atoms with van der Waals surface area (Å²) in [6.45, 7) is 17.4. The molecule has 0 aromatic heterocycles. The molecule has 0 amide bonds. The third kappa shape index (κ3) is 2.08. The molecule has 82 valence electrons. The normalized spacial score (nSPS) is 14.8. The Balaban J connectivity index is 5.56. The average Bonchev–Trinajstić information content (AvgIpc) is 1.94. The minimum Gasteiger partial charge on any atom is -0.300 e. The lowest BCUT2D eigenvalue weighted by Crippen LogP contribution is -2.46. The van der Waals surface area contributed by atoms with Gasteiger partial charge in [0.05, 0.1) is 0 Å². The van der Waals surface area contributed by atoms with Crippen LogP contribution in [0.3, 0.4) is 0 Å². The first kappa shape index (κ1) is 13.4. The van der Waals surface area contributed by atoms with Gasteiger partial charge in [0, 0.05) is 18.7 Å². The van der Waals surface area contributed by atoms with Crippen molar-refractivity contribution >= 4 is 6.21 Å². The Labute approximate surface area is 89.3 Å². The van der Waals surface area contributed by atoms with Gasteiger partial charge in [0.1, 0.15) is 0 Å². The molecule has 0 fully saturated rings. The summed E-state index contributed by atoms with van der Waals surface area (Å²) >= 11 is 0. The number of hydrogen-bond donors (Lipinski definition) is 0. The van der Waals surface area contributed by atoms with E-state index in [0.717, 1.165) is 0 Å². The first-order valence-corrected chi connectivity index (χ1v) is 5.19. The van der Waals surface area contributed by atoms with Crippen LogP contribution in [-0.2, 0) is 0 Å². The fraction of sp³-hybridized carbons (Fsp3) is 0.769. The number of nitrogens with zero attached hydrogens (tertiary/aromatic N) is 1. The molecule has 0 N–H and O–H groups in total. The number of rotatable bonds is 2. The third-order valence-corrected chi connectivity index (χ3v) is 3.14. The topological polar surface area (TPSA) is 12.4 Å². The van der Waals surface area contributed by atoms with Gasteiger partial charge in [-0.2, -0.15) is 0 Å². The maximum Gasteiger partial charge on any atom is 0.0325 e. The first-order valence-electron chi connectivity index (χ1n) is 5.19.